The standard InChI is InChI=1S/C12H12N2O/c13-12-3-1-2-10(14-12)8-9-4-6-11(15)7-5-9/h1-7,15H,8H2,(H2,13,14). The van der Waals surface area contributed by atoms with Crippen LogP contribution in [0, 0.1) is 0 Å². The maximum Gasteiger partial charge on any atom is 0.123 e. The molecule has 15 heavy (non-hydrogen) atoms. The van der Waals surface area contributed by atoms with Crippen molar-refractivity contribution in [3.8, 4) is 5.75 Å². The number of aromatic nitrogens is 1. The number of nitrogen functional groups attached to an aromatic ring is 1. The molecule has 0 spiro atoms. The molecule has 1 heterocycles. The van der Waals surface area contributed by atoms with E-state index in [1.54, 1.807) is 18.2 Å². The van der Waals surface area contributed by atoms with Gasteiger partial charge in [0.1, 0.15) is 11.6 Å². The van der Waals surface area contributed by atoms with Crippen LogP contribution < -0.4 is 5.73 Å². The van der Waals surface area contributed by atoms with Crippen LogP contribution in [0.4, 0.5) is 5.82 Å². The van der Waals surface area contributed by atoms with E-state index in [2.05, 4.69) is 4.98 Å². The molecule has 0 bridgehead atoms. The van der Waals surface area contributed by atoms with E-state index in [1.165, 1.54) is 0 Å². The van der Waals surface area contributed by atoms with Crippen molar-refractivity contribution in [3.63, 3.8) is 0 Å². The van der Waals surface area contributed by atoms with Crippen LogP contribution >= 0.6 is 0 Å². The molecular formula is C12H12N2O. The van der Waals surface area contributed by atoms with Crippen molar-refractivity contribution < 1.29 is 5.11 Å². The molecule has 0 aliphatic heterocycles. The lowest BCUT2D eigenvalue weighted by Gasteiger charge is -2.02. The molecule has 0 saturated heterocycles. The molecule has 0 unspecified atom stereocenters. The van der Waals surface area contributed by atoms with Crippen molar-refractivity contribution in [1.82, 2.24) is 4.98 Å². The summed E-state index contributed by atoms with van der Waals surface area (Å²) < 4.78 is 0. The Hall–Kier alpha value is -2.03. The second kappa shape index (κ2) is 4.00. The molecule has 0 amide bonds. The van der Waals surface area contributed by atoms with Gasteiger partial charge >= 0.3 is 0 Å². The van der Waals surface area contributed by atoms with Gasteiger partial charge in [0.15, 0.2) is 0 Å². The first-order chi connectivity index (χ1) is 7.24. The van der Waals surface area contributed by atoms with E-state index in [1.807, 2.05) is 24.3 Å². The van der Waals surface area contributed by atoms with Crippen LogP contribution in [0.5, 0.6) is 5.75 Å². The number of anilines is 1. The highest BCUT2D eigenvalue weighted by Crippen LogP contribution is 2.13. The van der Waals surface area contributed by atoms with E-state index in [0.29, 0.717) is 5.82 Å². The third kappa shape index (κ3) is 2.47. The van der Waals surface area contributed by atoms with Gasteiger partial charge in [-0.25, -0.2) is 4.98 Å². The summed E-state index contributed by atoms with van der Waals surface area (Å²) in [5.41, 5.74) is 7.62. The second-order valence-corrected chi connectivity index (χ2v) is 3.40. The molecule has 3 heteroatoms. The molecular weight excluding hydrogens is 188 g/mol. The molecule has 0 aliphatic carbocycles. The summed E-state index contributed by atoms with van der Waals surface area (Å²) in [5.74, 6) is 0.811. The molecule has 3 nitrogen and oxygen atoms in total. The van der Waals surface area contributed by atoms with Crippen molar-refractivity contribution in [1.29, 1.82) is 0 Å². The normalized spacial score (nSPS) is 10.1. The molecule has 2 aromatic rings. The van der Waals surface area contributed by atoms with Crippen LogP contribution in [0.25, 0.3) is 0 Å². The first-order valence-electron chi connectivity index (χ1n) is 4.73. The van der Waals surface area contributed by atoms with Crippen LogP contribution in [-0.4, -0.2) is 10.1 Å². The zero-order valence-electron chi connectivity index (χ0n) is 8.22. The summed E-state index contributed by atoms with van der Waals surface area (Å²) in [6.07, 6.45) is 0.727. The lowest BCUT2D eigenvalue weighted by atomic mass is 10.1. The number of phenolic OH excluding ortho intramolecular Hbond substituents is 1. The Morgan fingerprint density at radius 2 is 1.80 bits per heavy atom. The minimum Gasteiger partial charge on any atom is -0.508 e. The van der Waals surface area contributed by atoms with E-state index < -0.39 is 0 Å². The highest BCUT2D eigenvalue weighted by molar-refractivity contribution is 5.32. The maximum absolute atomic E-state index is 9.13. The third-order valence-electron chi connectivity index (χ3n) is 2.15. The fourth-order valence-electron chi connectivity index (χ4n) is 1.42. The van der Waals surface area contributed by atoms with Crippen molar-refractivity contribution in [3.05, 3.63) is 53.7 Å². The Balaban J connectivity index is 2.18. The Kier molecular flexibility index (Phi) is 2.54. The molecule has 76 valence electrons. The summed E-state index contributed by atoms with van der Waals surface area (Å²) in [6.45, 7) is 0. The Morgan fingerprint density at radius 1 is 1.07 bits per heavy atom. The number of hydrogen-bond acceptors (Lipinski definition) is 3. The SMILES string of the molecule is Nc1cccc(Cc2ccc(O)cc2)n1. The van der Waals surface area contributed by atoms with Crippen molar-refractivity contribution in [2.45, 2.75) is 6.42 Å². The van der Waals surface area contributed by atoms with E-state index in [-0.39, 0.29) is 5.75 Å². The number of hydrogen-bond donors (Lipinski definition) is 2. The first kappa shape index (κ1) is 9.52. The number of aromatic hydroxyl groups is 1. The Morgan fingerprint density at radius 3 is 2.47 bits per heavy atom. The van der Waals surface area contributed by atoms with Gasteiger partial charge < -0.3 is 10.8 Å². The summed E-state index contributed by atoms with van der Waals surface area (Å²) in [5, 5.41) is 9.13. The van der Waals surface area contributed by atoms with Gasteiger partial charge in [-0.05, 0) is 29.8 Å². The Bertz CT molecular complexity index is 451. The average molecular weight is 200 g/mol. The fourth-order valence-corrected chi connectivity index (χ4v) is 1.42. The predicted molar refractivity (Wildman–Crippen MR) is 59.6 cm³/mol. The second-order valence-electron chi connectivity index (χ2n) is 3.40. The monoisotopic (exact) mass is 200 g/mol. The fraction of sp³-hybridized carbons (Fsp3) is 0.0833. The number of phenols is 1. The van der Waals surface area contributed by atoms with Gasteiger partial charge in [-0.15, -0.1) is 0 Å². The predicted octanol–water partition coefficient (Wildman–Crippen LogP) is 1.96. The molecule has 3 N–H and O–H groups in total. The van der Waals surface area contributed by atoms with E-state index in [4.69, 9.17) is 10.8 Å². The minimum absolute atomic E-state index is 0.277. The largest absolute Gasteiger partial charge is 0.508 e. The molecule has 0 aliphatic rings. The van der Waals surface area contributed by atoms with Gasteiger partial charge in [0.2, 0.25) is 0 Å². The average Bonchev–Trinajstić information content (AvgIpc) is 2.22. The van der Waals surface area contributed by atoms with E-state index >= 15 is 0 Å². The Labute approximate surface area is 88.2 Å². The van der Waals surface area contributed by atoms with Crippen molar-refractivity contribution in [2.75, 3.05) is 5.73 Å². The van der Waals surface area contributed by atoms with Gasteiger partial charge in [0, 0.05) is 12.1 Å². The number of pyridine rings is 1. The van der Waals surface area contributed by atoms with Crippen LogP contribution in [0.15, 0.2) is 42.5 Å². The summed E-state index contributed by atoms with van der Waals surface area (Å²) >= 11 is 0. The summed E-state index contributed by atoms with van der Waals surface area (Å²) in [6, 6.07) is 12.7. The van der Waals surface area contributed by atoms with Crippen molar-refractivity contribution in [2.24, 2.45) is 0 Å². The molecule has 0 fully saturated rings. The molecule has 0 saturated carbocycles. The lowest BCUT2D eigenvalue weighted by molar-refractivity contribution is 0.475. The first-order valence-corrected chi connectivity index (χ1v) is 4.73. The molecule has 0 radical (unpaired) electrons. The van der Waals surface area contributed by atoms with Gasteiger partial charge in [-0.1, -0.05) is 18.2 Å². The van der Waals surface area contributed by atoms with Crippen LogP contribution in [0.1, 0.15) is 11.3 Å². The van der Waals surface area contributed by atoms with E-state index in [0.717, 1.165) is 17.7 Å². The third-order valence-corrected chi connectivity index (χ3v) is 2.15. The molecule has 0 atom stereocenters. The summed E-state index contributed by atoms with van der Waals surface area (Å²) in [4.78, 5) is 4.21. The maximum atomic E-state index is 9.13. The van der Waals surface area contributed by atoms with Gasteiger partial charge in [-0.2, -0.15) is 0 Å². The van der Waals surface area contributed by atoms with Crippen molar-refractivity contribution >= 4 is 5.82 Å². The van der Waals surface area contributed by atoms with Gasteiger partial charge in [-0.3, -0.25) is 0 Å². The molecule has 2 rings (SSSR count). The lowest BCUT2D eigenvalue weighted by Crippen LogP contribution is -1.95. The van der Waals surface area contributed by atoms with E-state index in [9.17, 15) is 0 Å². The number of nitrogens with two attached hydrogens (primary N) is 1. The topological polar surface area (TPSA) is 59.1 Å². The number of benzene rings is 1. The summed E-state index contributed by atoms with van der Waals surface area (Å²) in [7, 11) is 0. The highest BCUT2D eigenvalue weighted by Gasteiger charge is 1.98. The van der Waals surface area contributed by atoms with Crippen LogP contribution in [-0.2, 0) is 6.42 Å². The number of rotatable bonds is 2. The molecule has 1 aromatic heterocycles. The smallest absolute Gasteiger partial charge is 0.123 e. The quantitative estimate of drug-likeness (QED) is 0.779. The van der Waals surface area contributed by atoms with Crippen LogP contribution in [0.2, 0.25) is 0 Å². The van der Waals surface area contributed by atoms with Gasteiger partial charge in [0.05, 0.1) is 0 Å². The number of nitrogens with zero attached hydrogens (tertiary/aromatic N) is 1. The minimum atomic E-state index is 0.277. The molecule has 1 aromatic carbocycles. The highest BCUT2D eigenvalue weighted by atomic mass is 16.3. The zero-order valence-corrected chi connectivity index (χ0v) is 8.22. The zero-order chi connectivity index (χ0) is 10.7. The van der Waals surface area contributed by atoms with Gasteiger partial charge in [0.25, 0.3) is 0 Å². The van der Waals surface area contributed by atoms with Crippen LogP contribution in [0.3, 0.4) is 0 Å².